The third-order valence-corrected chi connectivity index (χ3v) is 3.83. The molecule has 3 N–H and O–H groups in total. The minimum absolute atomic E-state index is 0.0954. The first-order chi connectivity index (χ1) is 14.2. The van der Waals surface area contributed by atoms with Crippen LogP contribution in [-0.2, 0) is 17.9 Å². The summed E-state index contributed by atoms with van der Waals surface area (Å²) in [6, 6.07) is 7.58. The van der Waals surface area contributed by atoms with E-state index in [9.17, 15) is 4.79 Å². The lowest BCUT2D eigenvalue weighted by molar-refractivity contribution is -0.121. The van der Waals surface area contributed by atoms with Gasteiger partial charge in [0.1, 0.15) is 18.6 Å². The van der Waals surface area contributed by atoms with Crippen LogP contribution < -0.4 is 20.7 Å². The molecule has 0 bridgehead atoms. The fraction of sp³-hybridized carbons (Fsp3) is 0.524. The molecule has 0 saturated carbocycles. The van der Waals surface area contributed by atoms with Crippen LogP contribution >= 0.6 is 0 Å². The SMILES string of the molecule is CCn1cnnc1CN=C(NCC(=O)NC(C)(C)C)Nc1ccc(OC(C)C)cc1. The number of benzene rings is 1. The highest BCUT2D eigenvalue weighted by molar-refractivity contribution is 5.96. The van der Waals surface area contributed by atoms with E-state index in [-0.39, 0.29) is 24.1 Å². The number of aromatic nitrogens is 3. The maximum atomic E-state index is 12.2. The Morgan fingerprint density at radius 2 is 1.93 bits per heavy atom. The fourth-order valence-corrected chi connectivity index (χ4v) is 2.61. The van der Waals surface area contributed by atoms with Crippen LogP contribution in [0.1, 0.15) is 47.4 Å². The number of carbonyl (C=O) groups excluding carboxylic acids is 1. The van der Waals surface area contributed by atoms with Crippen molar-refractivity contribution in [2.24, 2.45) is 4.99 Å². The molecule has 0 aliphatic carbocycles. The van der Waals surface area contributed by atoms with Gasteiger partial charge in [-0.05, 0) is 65.8 Å². The van der Waals surface area contributed by atoms with E-state index in [2.05, 4.69) is 31.1 Å². The zero-order chi connectivity index (χ0) is 22.1. The van der Waals surface area contributed by atoms with Crippen molar-refractivity contribution in [3.63, 3.8) is 0 Å². The summed E-state index contributed by atoms with van der Waals surface area (Å²) >= 11 is 0. The van der Waals surface area contributed by atoms with Crippen molar-refractivity contribution >= 4 is 17.6 Å². The Kier molecular flexibility index (Phi) is 8.20. The number of hydrogen-bond donors (Lipinski definition) is 3. The van der Waals surface area contributed by atoms with Crippen molar-refractivity contribution in [3.05, 3.63) is 36.4 Å². The first-order valence-corrected chi connectivity index (χ1v) is 10.2. The zero-order valence-corrected chi connectivity index (χ0v) is 18.7. The third kappa shape index (κ3) is 8.10. The molecule has 2 aromatic rings. The average Bonchev–Trinajstić information content (AvgIpc) is 3.11. The van der Waals surface area contributed by atoms with Gasteiger partial charge in [0.25, 0.3) is 0 Å². The second-order valence-electron chi connectivity index (χ2n) is 8.17. The number of aryl methyl sites for hydroxylation is 1. The van der Waals surface area contributed by atoms with Gasteiger partial charge in [-0.3, -0.25) is 4.79 Å². The molecule has 0 unspecified atom stereocenters. The van der Waals surface area contributed by atoms with Gasteiger partial charge in [0.2, 0.25) is 5.91 Å². The Morgan fingerprint density at radius 1 is 1.23 bits per heavy atom. The van der Waals surface area contributed by atoms with E-state index in [0.717, 1.165) is 23.8 Å². The van der Waals surface area contributed by atoms with E-state index in [0.29, 0.717) is 12.5 Å². The number of nitrogens with zero attached hydrogens (tertiary/aromatic N) is 4. The smallest absolute Gasteiger partial charge is 0.239 e. The lowest BCUT2D eigenvalue weighted by Gasteiger charge is -2.21. The van der Waals surface area contributed by atoms with Crippen molar-refractivity contribution < 1.29 is 9.53 Å². The molecule has 1 aromatic carbocycles. The van der Waals surface area contributed by atoms with Gasteiger partial charge in [-0.2, -0.15) is 0 Å². The minimum Gasteiger partial charge on any atom is -0.491 e. The molecule has 9 nitrogen and oxygen atoms in total. The quantitative estimate of drug-likeness (QED) is 0.452. The molecular formula is C21H33N7O2. The molecule has 0 aliphatic rings. The van der Waals surface area contributed by atoms with Crippen LogP contribution in [0.2, 0.25) is 0 Å². The summed E-state index contributed by atoms with van der Waals surface area (Å²) in [6.07, 6.45) is 1.79. The Balaban J connectivity index is 2.09. The molecular weight excluding hydrogens is 382 g/mol. The highest BCUT2D eigenvalue weighted by Gasteiger charge is 2.14. The standard InChI is InChI=1S/C21H33N7O2/c1-7-28-14-24-27-18(28)12-22-20(23-13-19(29)26-21(4,5)6)25-16-8-10-17(11-9-16)30-15(2)3/h8-11,14-15H,7,12-13H2,1-6H3,(H,26,29)(H2,22,23,25). The Hall–Kier alpha value is -3.10. The molecule has 0 spiro atoms. The summed E-state index contributed by atoms with van der Waals surface area (Å²) in [6.45, 7) is 13.0. The molecule has 0 radical (unpaired) electrons. The second-order valence-corrected chi connectivity index (χ2v) is 8.17. The van der Waals surface area contributed by atoms with Crippen LogP contribution in [0, 0.1) is 0 Å². The van der Waals surface area contributed by atoms with Gasteiger partial charge in [0, 0.05) is 17.8 Å². The van der Waals surface area contributed by atoms with Crippen LogP contribution in [0.15, 0.2) is 35.6 Å². The predicted octanol–water partition coefficient (Wildman–Crippen LogP) is 2.56. The second kappa shape index (κ2) is 10.6. The average molecular weight is 416 g/mol. The molecule has 1 amide bonds. The molecule has 9 heteroatoms. The van der Waals surface area contributed by atoms with Gasteiger partial charge in [0.05, 0.1) is 12.6 Å². The van der Waals surface area contributed by atoms with Crippen molar-refractivity contribution in [1.82, 2.24) is 25.4 Å². The molecule has 1 heterocycles. The molecule has 0 aliphatic heterocycles. The molecule has 0 fully saturated rings. The predicted molar refractivity (Wildman–Crippen MR) is 119 cm³/mol. The summed E-state index contributed by atoms with van der Waals surface area (Å²) < 4.78 is 7.60. The monoisotopic (exact) mass is 415 g/mol. The summed E-state index contributed by atoms with van der Waals surface area (Å²) in [5, 5.41) is 17.3. The van der Waals surface area contributed by atoms with Crippen molar-refractivity contribution in [1.29, 1.82) is 0 Å². The maximum Gasteiger partial charge on any atom is 0.239 e. The van der Waals surface area contributed by atoms with Crippen molar-refractivity contribution in [2.45, 2.75) is 66.3 Å². The maximum absolute atomic E-state index is 12.2. The summed E-state index contributed by atoms with van der Waals surface area (Å²) in [4.78, 5) is 16.8. The Labute approximate surface area is 178 Å². The molecule has 164 valence electrons. The Bertz CT molecular complexity index is 836. The van der Waals surface area contributed by atoms with Gasteiger partial charge >= 0.3 is 0 Å². The number of nitrogens with one attached hydrogen (secondary N) is 3. The number of hydrogen-bond acceptors (Lipinski definition) is 5. The van der Waals surface area contributed by atoms with E-state index in [1.54, 1.807) is 6.33 Å². The van der Waals surface area contributed by atoms with Crippen LogP contribution in [0.3, 0.4) is 0 Å². The molecule has 0 atom stereocenters. The van der Waals surface area contributed by atoms with Crippen molar-refractivity contribution in [2.75, 3.05) is 11.9 Å². The first-order valence-electron chi connectivity index (χ1n) is 10.2. The van der Waals surface area contributed by atoms with Gasteiger partial charge in [-0.15, -0.1) is 10.2 Å². The fourth-order valence-electron chi connectivity index (χ4n) is 2.61. The van der Waals surface area contributed by atoms with Gasteiger partial charge in [0.15, 0.2) is 11.8 Å². The third-order valence-electron chi connectivity index (χ3n) is 3.83. The number of carbonyl (C=O) groups is 1. The van der Waals surface area contributed by atoms with E-state index < -0.39 is 0 Å². The number of rotatable bonds is 8. The zero-order valence-electron chi connectivity index (χ0n) is 18.7. The molecule has 1 aromatic heterocycles. The molecule has 30 heavy (non-hydrogen) atoms. The number of aliphatic imine (C=N–C) groups is 1. The van der Waals surface area contributed by atoms with Crippen molar-refractivity contribution in [3.8, 4) is 5.75 Å². The number of anilines is 1. The van der Waals surface area contributed by atoms with E-state index >= 15 is 0 Å². The highest BCUT2D eigenvalue weighted by Crippen LogP contribution is 2.17. The summed E-state index contributed by atoms with van der Waals surface area (Å²) in [7, 11) is 0. The van der Waals surface area contributed by atoms with Crippen LogP contribution in [0.25, 0.3) is 0 Å². The van der Waals surface area contributed by atoms with E-state index in [1.165, 1.54) is 0 Å². The van der Waals surface area contributed by atoms with E-state index in [4.69, 9.17) is 4.74 Å². The number of ether oxygens (including phenoxy) is 1. The summed E-state index contributed by atoms with van der Waals surface area (Å²) in [5.41, 5.74) is 0.526. The van der Waals surface area contributed by atoms with Crippen LogP contribution in [0.5, 0.6) is 5.75 Å². The van der Waals surface area contributed by atoms with Gasteiger partial charge in [-0.25, -0.2) is 4.99 Å². The van der Waals surface area contributed by atoms with Gasteiger partial charge < -0.3 is 25.3 Å². The summed E-state index contributed by atoms with van der Waals surface area (Å²) in [5.74, 6) is 1.90. The van der Waals surface area contributed by atoms with E-state index in [1.807, 2.05) is 70.4 Å². The normalized spacial score (nSPS) is 12.0. The number of amides is 1. The van der Waals surface area contributed by atoms with Crippen LogP contribution in [-0.4, -0.2) is 44.8 Å². The molecule has 0 saturated heterocycles. The number of guanidine groups is 1. The van der Waals surface area contributed by atoms with Crippen LogP contribution in [0.4, 0.5) is 5.69 Å². The minimum atomic E-state index is -0.298. The van der Waals surface area contributed by atoms with Gasteiger partial charge in [-0.1, -0.05) is 0 Å². The molecule has 2 rings (SSSR count). The first kappa shape index (κ1) is 23.2. The lowest BCUT2D eigenvalue weighted by Crippen LogP contribution is -2.46. The largest absolute Gasteiger partial charge is 0.491 e. The lowest BCUT2D eigenvalue weighted by atomic mass is 10.1. The Morgan fingerprint density at radius 3 is 2.53 bits per heavy atom. The highest BCUT2D eigenvalue weighted by atomic mass is 16.5. The topological polar surface area (TPSA) is 105 Å².